The van der Waals surface area contributed by atoms with Gasteiger partial charge in [-0.1, -0.05) is 31.1 Å². The number of aliphatic hydroxyl groups is 1. The third-order valence-corrected chi connectivity index (χ3v) is 4.85. The molecule has 2 rings (SSSR count). The van der Waals surface area contributed by atoms with Gasteiger partial charge in [-0.25, -0.2) is 0 Å². The Bertz CT molecular complexity index is 678. The van der Waals surface area contributed by atoms with E-state index in [1.54, 1.807) is 6.92 Å². The van der Waals surface area contributed by atoms with E-state index in [9.17, 15) is 9.90 Å². The zero-order chi connectivity index (χ0) is 18.9. The molecule has 140 valence electrons. The van der Waals surface area contributed by atoms with Gasteiger partial charge in [0.05, 0.1) is 12.0 Å². The molecule has 26 heavy (non-hydrogen) atoms. The molecule has 0 amide bonds. The summed E-state index contributed by atoms with van der Waals surface area (Å²) >= 11 is 0. The minimum Gasteiger partial charge on any atom is -0.565 e. The van der Waals surface area contributed by atoms with Crippen molar-refractivity contribution in [1.82, 2.24) is 0 Å². The van der Waals surface area contributed by atoms with E-state index in [4.69, 9.17) is 9.84 Å². The summed E-state index contributed by atoms with van der Waals surface area (Å²) in [6.45, 7) is 4.38. The molecule has 0 spiro atoms. The Labute approximate surface area is 155 Å². The minimum absolute atomic E-state index is 0.109. The van der Waals surface area contributed by atoms with Crippen LogP contribution in [0.5, 0.6) is 5.75 Å². The second kappa shape index (κ2) is 10.0. The van der Waals surface area contributed by atoms with Gasteiger partial charge in [0.25, 0.3) is 0 Å². The van der Waals surface area contributed by atoms with Crippen LogP contribution in [0, 0.1) is 17.8 Å². The number of rotatable bonds is 6. The third kappa shape index (κ3) is 6.24. The molecule has 4 heteroatoms. The summed E-state index contributed by atoms with van der Waals surface area (Å²) in [5.41, 5.74) is 2.21. The van der Waals surface area contributed by atoms with E-state index in [1.807, 2.05) is 24.3 Å². The maximum absolute atomic E-state index is 11.1. The van der Waals surface area contributed by atoms with E-state index in [0.717, 1.165) is 37.0 Å². The summed E-state index contributed by atoms with van der Waals surface area (Å²) in [5, 5.41) is 17.1. The Hall–Kier alpha value is -2.25. The topological polar surface area (TPSA) is 69.4 Å². The highest BCUT2D eigenvalue weighted by Crippen LogP contribution is 2.25. The number of carbonyl (C=O) groups excluding carboxylic acids is 1. The summed E-state index contributed by atoms with van der Waals surface area (Å²) in [4.78, 5) is 11.1. The van der Waals surface area contributed by atoms with Crippen molar-refractivity contribution in [2.24, 2.45) is 5.92 Å². The molecule has 1 unspecified atom stereocenters. The van der Waals surface area contributed by atoms with Crippen LogP contribution in [0.4, 0.5) is 0 Å². The van der Waals surface area contributed by atoms with Crippen molar-refractivity contribution >= 4 is 5.97 Å². The minimum atomic E-state index is -0.603. The Kier molecular flexibility index (Phi) is 7.74. The fraction of sp³-hybridized carbons (Fsp3) is 0.500. The quantitative estimate of drug-likeness (QED) is 0.482. The highest BCUT2D eigenvalue weighted by molar-refractivity contribution is 5.69. The largest absolute Gasteiger partial charge is 0.565 e. The molecule has 0 aromatic heterocycles. The molecule has 1 aliphatic rings. The molecule has 0 fully saturated rings. The molecule has 4 nitrogen and oxygen atoms in total. The predicted octanol–water partition coefficient (Wildman–Crippen LogP) is 3.31. The predicted molar refractivity (Wildman–Crippen MR) is 103 cm³/mol. The third-order valence-electron chi connectivity index (χ3n) is 4.85. The lowest BCUT2D eigenvalue weighted by atomic mass is 9.91. The van der Waals surface area contributed by atoms with Gasteiger partial charge in [0, 0.05) is 4.79 Å². The number of carbonyl (C=O) groups is 1. The molecule has 0 saturated carbocycles. The van der Waals surface area contributed by atoms with Gasteiger partial charge in [-0.15, -0.1) is 5.92 Å². The van der Waals surface area contributed by atoms with Crippen LogP contribution < -0.4 is 4.74 Å². The fourth-order valence-electron chi connectivity index (χ4n) is 3.15. The summed E-state index contributed by atoms with van der Waals surface area (Å²) in [5.74, 6) is 6.06. The molecular formula is C22H29O4+. The number of allylic oxidation sites excluding steroid dienone is 1. The van der Waals surface area contributed by atoms with Crippen molar-refractivity contribution in [3.8, 4) is 17.6 Å². The molecule has 3 N–H and O–H groups in total. The van der Waals surface area contributed by atoms with E-state index in [1.165, 1.54) is 5.57 Å². The van der Waals surface area contributed by atoms with Gasteiger partial charge in [-0.05, 0) is 61.8 Å². The van der Waals surface area contributed by atoms with Gasteiger partial charge in [-0.2, -0.15) is 0 Å². The summed E-state index contributed by atoms with van der Waals surface area (Å²) < 4.78 is 5.91. The van der Waals surface area contributed by atoms with Crippen molar-refractivity contribution in [2.75, 3.05) is 6.61 Å². The number of ether oxygens (including phenoxy) is 1. The zero-order valence-electron chi connectivity index (χ0n) is 15.6. The second-order valence-corrected chi connectivity index (χ2v) is 6.97. The van der Waals surface area contributed by atoms with Crippen LogP contribution in [-0.2, 0) is 4.79 Å². The van der Waals surface area contributed by atoms with Crippen molar-refractivity contribution in [3.05, 3.63) is 41.5 Å². The molecule has 1 aromatic carbocycles. The van der Waals surface area contributed by atoms with Gasteiger partial charge in [0.1, 0.15) is 18.8 Å². The molecule has 3 atom stereocenters. The van der Waals surface area contributed by atoms with Gasteiger partial charge in [0.2, 0.25) is 0 Å². The highest BCUT2D eigenvalue weighted by Gasteiger charge is 2.18. The molecule has 0 saturated heterocycles. The number of hydrogen-bond acceptors (Lipinski definition) is 3. The van der Waals surface area contributed by atoms with Crippen LogP contribution in [-0.4, -0.2) is 28.9 Å². The van der Waals surface area contributed by atoms with Crippen LogP contribution >= 0.6 is 0 Å². The van der Waals surface area contributed by atoms with Gasteiger partial charge >= 0.3 is 5.97 Å². The van der Waals surface area contributed by atoms with Crippen molar-refractivity contribution in [1.29, 1.82) is 0 Å². The van der Waals surface area contributed by atoms with Crippen LogP contribution in [0.2, 0.25) is 0 Å². The normalized spacial score (nSPS) is 21.4. The number of benzene rings is 1. The Balaban J connectivity index is 1.96. The zero-order valence-corrected chi connectivity index (χ0v) is 15.6. The molecular weight excluding hydrogens is 328 g/mol. The van der Waals surface area contributed by atoms with Crippen LogP contribution in [0.1, 0.15) is 57.4 Å². The maximum atomic E-state index is 11.1. The molecule has 0 bridgehead atoms. The lowest BCUT2D eigenvalue weighted by Crippen LogP contribution is -2.19. The first-order chi connectivity index (χ1) is 12.5. The van der Waals surface area contributed by atoms with Crippen molar-refractivity contribution in [2.45, 2.75) is 58.0 Å². The van der Waals surface area contributed by atoms with Crippen LogP contribution in [0.15, 0.2) is 35.9 Å². The van der Waals surface area contributed by atoms with Crippen LogP contribution in [0.25, 0.3) is 0 Å². The molecule has 1 aromatic rings. The second-order valence-electron chi connectivity index (χ2n) is 6.97. The average molecular weight is 357 g/mol. The summed E-state index contributed by atoms with van der Waals surface area (Å²) in [6.07, 6.45) is 5.79. The van der Waals surface area contributed by atoms with Crippen molar-refractivity contribution < 1.29 is 19.7 Å². The smallest absolute Gasteiger partial charge is 0.517 e. The highest BCUT2D eigenvalue weighted by atomic mass is 16.5. The monoisotopic (exact) mass is 357 g/mol. The average Bonchev–Trinajstić information content (AvgIpc) is 2.61. The first-order valence-corrected chi connectivity index (χ1v) is 9.25. The molecule has 0 radical (unpaired) electrons. The Morgan fingerprint density at radius 2 is 2.12 bits per heavy atom. The van der Waals surface area contributed by atoms with E-state index < -0.39 is 5.97 Å². The first kappa shape index (κ1) is 20.1. The summed E-state index contributed by atoms with van der Waals surface area (Å²) in [7, 11) is 0. The van der Waals surface area contributed by atoms with E-state index in [2.05, 4.69) is 24.8 Å². The molecule has 0 heterocycles. The van der Waals surface area contributed by atoms with Crippen LogP contribution in [0.3, 0.4) is 0 Å². The Morgan fingerprint density at radius 3 is 2.77 bits per heavy atom. The van der Waals surface area contributed by atoms with E-state index >= 15 is 0 Å². The standard InChI is InChI=1S/C22H28O4/c1-3-5-19(14-22(24)25)18-10-12-20(13-11-18)26-15-17-6-4-7-21(23)16(2)8-9-17/h9-13,16,19,21,23H,4,6-8,14-15H2,1-2H3,(H,24,25)/p+1/t16-,19?,21-/m1/s1. The van der Waals surface area contributed by atoms with Gasteiger partial charge in [0.15, 0.2) is 0 Å². The van der Waals surface area contributed by atoms with E-state index in [-0.39, 0.29) is 18.4 Å². The fourth-order valence-corrected chi connectivity index (χ4v) is 3.15. The van der Waals surface area contributed by atoms with Gasteiger partial charge < -0.3 is 14.9 Å². The van der Waals surface area contributed by atoms with Gasteiger partial charge in [-0.3, -0.25) is 0 Å². The van der Waals surface area contributed by atoms with E-state index in [0.29, 0.717) is 12.5 Å². The number of hydrogen-bond donors (Lipinski definition) is 1. The summed E-state index contributed by atoms with van der Waals surface area (Å²) in [6, 6.07) is 7.62. The lowest BCUT2D eigenvalue weighted by Gasteiger charge is -2.21. The SMILES string of the molecule is CC#CC(CC(=O)[OH2+])c1ccc(OCC2=CC[C@@H](C)[C@H](O)CCC2)cc1. The molecule has 1 aliphatic carbocycles. The molecule has 0 aliphatic heterocycles. The Morgan fingerprint density at radius 1 is 1.38 bits per heavy atom. The van der Waals surface area contributed by atoms with Crippen molar-refractivity contribution in [3.63, 3.8) is 0 Å². The first-order valence-electron chi connectivity index (χ1n) is 9.25. The number of aliphatic hydroxyl groups excluding tert-OH is 1. The maximum Gasteiger partial charge on any atom is 0.517 e. The lowest BCUT2D eigenvalue weighted by molar-refractivity contribution is -0.137.